The number of imidazole rings is 3. The predicted octanol–water partition coefficient (Wildman–Crippen LogP) is -3.06. The Labute approximate surface area is 141 Å². The first-order chi connectivity index (χ1) is 7.95. The number of rotatable bonds is 3. The van der Waals surface area contributed by atoms with E-state index >= 15 is 0 Å². The fourth-order valence-corrected chi connectivity index (χ4v) is 1.93. The van der Waals surface area contributed by atoms with Crippen LogP contribution in [0.4, 0.5) is 0 Å². The molecule has 0 aliphatic heterocycles. The molecular weight excluding hydrogens is 242 g/mol. The average molecular weight is 252 g/mol. The van der Waals surface area contributed by atoms with Crippen LogP contribution in [0.5, 0.6) is 0 Å². The quantitative estimate of drug-likeness (QED) is 0.465. The molecule has 3 heterocycles. The van der Waals surface area contributed by atoms with Crippen molar-refractivity contribution in [3.63, 3.8) is 0 Å². The zero-order valence-electron chi connectivity index (χ0n) is 9.59. The Morgan fingerprint density at radius 1 is 0.647 bits per heavy atom. The molecule has 0 saturated heterocycles. The largest absolute Gasteiger partial charge is 1.00 e. The van der Waals surface area contributed by atoms with E-state index < -0.39 is 7.12 Å². The van der Waals surface area contributed by atoms with Crippen molar-refractivity contribution in [2.45, 2.75) is 0 Å². The van der Waals surface area contributed by atoms with Crippen molar-refractivity contribution in [3.05, 3.63) is 56.2 Å². The second kappa shape index (κ2) is 5.78. The fraction of sp³-hybridized carbons (Fsp3) is 0. The molecule has 0 radical (unpaired) electrons. The van der Waals surface area contributed by atoms with E-state index in [2.05, 4.69) is 28.4 Å². The fourth-order valence-electron chi connectivity index (χ4n) is 1.93. The van der Waals surface area contributed by atoms with Gasteiger partial charge in [-0.05, 0) is 18.6 Å². The number of aromatic nitrogens is 6. The van der Waals surface area contributed by atoms with Gasteiger partial charge in [0.2, 0.25) is 0 Å². The van der Waals surface area contributed by atoms with Crippen LogP contribution in [0.3, 0.4) is 0 Å². The van der Waals surface area contributed by atoms with Gasteiger partial charge in [-0.2, -0.15) is 0 Å². The van der Waals surface area contributed by atoms with Crippen molar-refractivity contribution in [2.75, 3.05) is 0 Å². The molecule has 0 spiro atoms. The maximum atomic E-state index is 4.08. The van der Waals surface area contributed by atoms with Gasteiger partial charge in [0.25, 0.3) is 7.12 Å². The van der Waals surface area contributed by atoms with E-state index in [0.717, 1.165) is 0 Å². The average Bonchev–Trinajstić information content (AvgIpc) is 3.02. The normalized spacial score (nSPS) is 10.4. The van der Waals surface area contributed by atoms with Gasteiger partial charge in [-0.1, -0.05) is 0 Å². The van der Waals surface area contributed by atoms with E-state index in [9.17, 15) is 0 Å². The van der Waals surface area contributed by atoms with Crippen LogP contribution in [-0.4, -0.2) is 35.5 Å². The molecule has 0 aliphatic rings. The van der Waals surface area contributed by atoms with Crippen LogP contribution in [0, 0.1) is 0 Å². The van der Waals surface area contributed by atoms with E-state index in [4.69, 9.17) is 0 Å². The van der Waals surface area contributed by atoms with E-state index in [1.54, 1.807) is 37.6 Å². The third-order valence-corrected chi connectivity index (χ3v) is 2.66. The third-order valence-electron chi connectivity index (χ3n) is 2.66. The van der Waals surface area contributed by atoms with Gasteiger partial charge in [-0.15, -0.1) is 0 Å². The summed E-state index contributed by atoms with van der Waals surface area (Å²) in [6.45, 7) is 0. The SMILES string of the molecule is [K+].c1cn([BH-](n2ccnc2)n2ccnc2)cn1. The van der Waals surface area contributed by atoms with E-state index in [1.165, 1.54) is 0 Å². The van der Waals surface area contributed by atoms with Crippen LogP contribution in [0.25, 0.3) is 0 Å². The monoisotopic (exact) mass is 252 g/mol. The molecule has 0 bridgehead atoms. The first-order valence-electron chi connectivity index (χ1n) is 5.05. The first kappa shape index (κ1) is 12.8. The Kier molecular flexibility index (Phi) is 4.35. The smallest absolute Gasteiger partial charge is 0.477 e. The van der Waals surface area contributed by atoms with Gasteiger partial charge < -0.3 is 13.4 Å². The summed E-state index contributed by atoms with van der Waals surface area (Å²) in [5.41, 5.74) is 0. The van der Waals surface area contributed by atoms with Crippen LogP contribution in [0.2, 0.25) is 0 Å². The van der Waals surface area contributed by atoms with Gasteiger partial charge >= 0.3 is 51.4 Å². The van der Waals surface area contributed by atoms with Crippen LogP contribution in [0.15, 0.2) is 56.2 Å². The first-order valence-corrected chi connectivity index (χ1v) is 5.05. The summed E-state index contributed by atoms with van der Waals surface area (Å²) in [4.78, 5) is 12.2. The molecule has 8 heteroatoms. The third kappa shape index (κ3) is 2.61. The molecule has 6 nitrogen and oxygen atoms in total. The molecule has 0 unspecified atom stereocenters. The minimum Gasteiger partial charge on any atom is -0.477 e. The van der Waals surface area contributed by atoms with Gasteiger partial charge in [0.05, 0.1) is 19.0 Å². The predicted molar refractivity (Wildman–Crippen MR) is 60.0 cm³/mol. The molecule has 3 aromatic heterocycles. The molecule has 0 aromatic carbocycles. The summed E-state index contributed by atoms with van der Waals surface area (Å²) in [7, 11) is -0.979. The van der Waals surface area contributed by atoms with E-state index in [1.807, 2.05) is 18.6 Å². The van der Waals surface area contributed by atoms with Gasteiger partial charge in [0, 0.05) is 18.6 Å². The van der Waals surface area contributed by atoms with Crippen LogP contribution in [-0.2, 0) is 0 Å². The molecular formula is C9H10BKN6. The number of hydrogen-bond donors (Lipinski definition) is 0. The Bertz CT molecular complexity index is 451. The zero-order valence-corrected chi connectivity index (χ0v) is 12.7. The minimum atomic E-state index is -0.979. The summed E-state index contributed by atoms with van der Waals surface area (Å²) in [5.74, 6) is 0. The van der Waals surface area contributed by atoms with Gasteiger partial charge in [-0.25, -0.2) is 15.0 Å². The molecule has 80 valence electrons. The molecule has 3 rings (SSSR count). The summed E-state index contributed by atoms with van der Waals surface area (Å²) in [6.07, 6.45) is 16.6. The number of hydrogen-bond acceptors (Lipinski definition) is 3. The Morgan fingerprint density at radius 3 is 1.24 bits per heavy atom. The zero-order chi connectivity index (χ0) is 10.8. The molecule has 0 fully saturated rings. The molecule has 17 heavy (non-hydrogen) atoms. The van der Waals surface area contributed by atoms with Crippen molar-refractivity contribution in [1.29, 1.82) is 0 Å². The summed E-state index contributed by atoms with van der Waals surface area (Å²) < 4.78 is 6.18. The molecule has 0 saturated carbocycles. The molecule has 0 atom stereocenters. The minimum absolute atomic E-state index is 0. The molecule has 3 aromatic rings. The summed E-state index contributed by atoms with van der Waals surface area (Å²) in [5, 5.41) is 0. The van der Waals surface area contributed by atoms with Crippen LogP contribution < -0.4 is 51.4 Å². The van der Waals surface area contributed by atoms with Crippen molar-refractivity contribution < 1.29 is 51.4 Å². The van der Waals surface area contributed by atoms with Gasteiger partial charge in [-0.3, -0.25) is 0 Å². The van der Waals surface area contributed by atoms with Crippen LogP contribution >= 0.6 is 0 Å². The Balaban J connectivity index is 0.00000108. The van der Waals surface area contributed by atoms with Crippen molar-refractivity contribution in [1.82, 2.24) is 28.4 Å². The van der Waals surface area contributed by atoms with Gasteiger partial charge in [0.15, 0.2) is 0 Å². The van der Waals surface area contributed by atoms with Crippen molar-refractivity contribution in [3.8, 4) is 0 Å². The Hall–Kier alpha value is -0.669. The van der Waals surface area contributed by atoms with E-state index in [-0.39, 0.29) is 51.4 Å². The maximum absolute atomic E-state index is 4.08. The second-order valence-corrected chi connectivity index (χ2v) is 3.65. The standard InChI is InChI=1S/C9H10BN6.K/c1-4-14(7-11-1)10(15-5-2-12-8-15)16-6-3-13-9-16;/h1-10H;/q-1;+1. The maximum Gasteiger partial charge on any atom is 1.00 e. The topological polar surface area (TPSA) is 53.5 Å². The molecule has 0 aliphatic carbocycles. The Morgan fingerprint density at radius 2 is 1.00 bits per heavy atom. The molecule has 0 amide bonds. The van der Waals surface area contributed by atoms with Crippen molar-refractivity contribution >= 4 is 7.12 Å². The van der Waals surface area contributed by atoms with Crippen molar-refractivity contribution in [2.24, 2.45) is 0 Å². The van der Waals surface area contributed by atoms with Crippen LogP contribution in [0.1, 0.15) is 0 Å². The van der Waals surface area contributed by atoms with E-state index in [0.29, 0.717) is 0 Å². The van der Waals surface area contributed by atoms with Gasteiger partial charge in [0.1, 0.15) is 0 Å². The second-order valence-electron chi connectivity index (χ2n) is 3.65. The summed E-state index contributed by atoms with van der Waals surface area (Å²) in [6, 6.07) is 0. The summed E-state index contributed by atoms with van der Waals surface area (Å²) >= 11 is 0. The number of nitrogens with zero attached hydrogens (tertiary/aromatic N) is 6. The molecule has 0 N–H and O–H groups in total.